The van der Waals surface area contributed by atoms with Gasteiger partial charge in [0.05, 0.1) is 6.61 Å². The molecule has 2 unspecified atom stereocenters. The molecule has 68 valence electrons. The highest BCUT2D eigenvalue weighted by Gasteiger charge is 2.47. The van der Waals surface area contributed by atoms with Crippen LogP contribution in [0.5, 0.6) is 0 Å². The molecule has 0 aromatic heterocycles. The van der Waals surface area contributed by atoms with E-state index in [1.165, 1.54) is 6.92 Å². The molecule has 1 aliphatic heterocycles. The van der Waals surface area contributed by atoms with Gasteiger partial charge in [0.1, 0.15) is 11.2 Å². The molecule has 0 bridgehead atoms. The number of hydrogen-bond donors (Lipinski definition) is 0. The van der Waals surface area contributed by atoms with Crippen LogP contribution in [0.4, 0.5) is 0 Å². The zero-order valence-electron chi connectivity index (χ0n) is 7.72. The monoisotopic (exact) mass is 170 g/mol. The number of Topliss-reactive ketones (excluding diaryl/α,β-unsaturated/α-hetero) is 1. The number of esters is 1. The minimum Gasteiger partial charge on any atom is -0.465 e. The van der Waals surface area contributed by atoms with Crippen molar-refractivity contribution in [3.63, 3.8) is 0 Å². The maximum atomic E-state index is 11.3. The van der Waals surface area contributed by atoms with Gasteiger partial charge in [0.2, 0.25) is 0 Å². The van der Waals surface area contributed by atoms with Crippen molar-refractivity contribution in [1.29, 1.82) is 0 Å². The summed E-state index contributed by atoms with van der Waals surface area (Å²) in [4.78, 5) is 22.6. The zero-order chi connectivity index (χ0) is 9.35. The molecule has 3 heteroatoms. The lowest BCUT2D eigenvalue weighted by Crippen LogP contribution is -2.46. The number of rotatable bonds is 1. The average molecular weight is 170 g/mol. The van der Waals surface area contributed by atoms with Crippen LogP contribution >= 0.6 is 0 Å². The fraction of sp³-hybridized carbons (Fsp3) is 0.778. The molecular weight excluding hydrogens is 156 g/mol. The fourth-order valence-corrected chi connectivity index (χ4v) is 1.46. The molecule has 1 fully saturated rings. The summed E-state index contributed by atoms with van der Waals surface area (Å²) in [5, 5.41) is 0. The topological polar surface area (TPSA) is 43.4 Å². The van der Waals surface area contributed by atoms with Gasteiger partial charge in [-0.1, -0.05) is 6.92 Å². The predicted octanol–water partition coefficient (Wildman–Crippen LogP) is 1.16. The summed E-state index contributed by atoms with van der Waals surface area (Å²) in [5.41, 5.74) is -0.905. The predicted molar refractivity (Wildman–Crippen MR) is 43.5 cm³/mol. The van der Waals surface area contributed by atoms with E-state index < -0.39 is 5.41 Å². The first kappa shape index (κ1) is 9.23. The molecule has 0 radical (unpaired) electrons. The van der Waals surface area contributed by atoms with E-state index in [1.807, 2.05) is 6.92 Å². The number of ether oxygens (including phenoxy) is 1. The lowest BCUT2D eigenvalue weighted by Gasteiger charge is -2.34. The van der Waals surface area contributed by atoms with Crippen molar-refractivity contribution in [2.75, 3.05) is 6.61 Å². The van der Waals surface area contributed by atoms with Gasteiger partial charge in [-0.3, -0.25) is 9.59 Å². The van der Waals surface area contributed by atoms with Crippen molar-refractivity contribution in [3.8, 4) is 0 Å². The Kier molecular flexibility index (Phi) is 2.22. The quantitative estimate of drug-likeness (QED) is 0.438. The molecule has 1 heterocycles. The lowest BCUT2D eigenvalue weighted by molar-refractivity contribution is -0.169. The van der Waals surface area contributed by atoms with E-state index in [4.69, 9.17) is 4.74 Å². The molecule has 0 aromatic carbocycles. The van der Waals surface area contributed by atoms with Crippen LogP contribution in [0.15, 0.2) is 0 Å². The Morgan fingerprint density at radius 2 is 2.25 bits per heavy atom. The van der Waals surface area contributed by atoms with Gasteiger partial charge in [-0.05, 0) is 26.2 Å². The number of ketones is 1. The zero-order valence-corrected chi connectivity index (χ0v) is 7.72. The summed E-state index contributed by atoms with van der Waals surface area (Å²) >= 11 is 0. The minimum absolute atomic E-state index is 0.0937. The minimum atomic E-state index is -0.905. The highest BCUT2D eigenvalue weighted by Crippen LogP contribution is 2.35. The van der Waals surface area contributed by atoms with E-state index >= 15 is 0 Å². The molecular formula is C9H14O3. The second-order valence-corrected chi connectivity index (χ2v) is 3.58. The first-order valence-corrected chi connectivity index (χ1v) is 4.18. The van der Waals surface area contributed by atoms with Crippen molar-refractivity contribution >= 4 is 11.8 Å². The van der Waals surface area contributed by atoms with Crippen molar-refractivity contribution in [3.05, 3.63) is 0 Å². The largest absolute Gasteiger partial charge is 0.465 e. The van der Waals surface area contributed by atoms with Gasteiger partial charge in [-0.15, -0.1) is 0 Å². The van der Waals surface area contributed by atoms with Crippen molar-refractivity contribution in [2.24, 2.45) is 11.3 Å². The highest BCUT2D eigenvalue weighted by molar-refractivity contribution is 6.02. The van der Waals surface area contributed by atoms with Crippen molar-refractivity contribution in [2.45, 2.75) is 27.2 Å². The van der Waals surface area contributed by atoms with Crippen LogP contribution in [0.1, 0.15) is 27.2 Å². The van der Waals surface area contributed by atoms with Crippen LogP contribution in [0.3, 0.4) is 0 Å². The van der Waals surface area contributed by atoms with Crippen LogP contribution in [0, 0.1) is 11.3 Å². The Labute approximate surface area is 72.1 Å². The van der Waals surface area contributed by atoms with E-state index in [2.05, 4.69) is 0 Å². The molecule has 0 N–H and O–H groups in total. The van der Waals surface area contributed by atoms with Crippen LogP contribution in [0.2, 0.25) is 0 Å². The standard InChI is InChI=1S/C9H14O3/c1-6-4-5-12-8(11)9(6,3)7(2)10/h6H,4-5H2,1-3H3. The third kappa shape index (κ3) is 1.13. The molecule has 0 aliphatic carbocycles. The fourth-order valence-electron chi connectivity index (χ4n) is 1.46. The summed E-state index contributed by atoms with van der Waals surface area (Å²) < 4.78 is 4.87. The molecule has 3 nitrogen and oxygen atoms in total. The Morgan fingerprint density at radius 1 is 1.67 bits per heavy atom. The van der Waals surface area contributed by atoms with Crippen LogP contribution in [-0.4, -0.2) is 18.4 Å². The number of carbonyl (C=O) groups is 2. The van der Waals surface area contributed by atoms with Gasteiger partial charge < -0.3 is 4.74 Å². The van der Waals surface area contributed by atoms with Gasteiger partial charge in [-0.25, -0.2) is 0 Å². The van der Waals surface area contributed by atoms with Gasteiger partial charge in [-0.2, -0.15) is 0 Å². The van der Waals surface area contributed by atoms with Crippen LogP contribution < -0.4 is 0 Å². The van der Waals surface area contributed by atoms with Gasteiger partial charge in [0.25, 0.3) is 0 Å². The molecule has 0 aromatic rings. The summed E-state index contributed by atoms with van der Waals surface area (Å²) in [6.07, 6.45) is 0.780. The molecule has 1 saturated heterocycles. The third-order valence-electron chi connectivity index (χ3n) is 2.93. The van der Waals surface area contributed by atoms with Crippen molar-refractivity contribution in [1.82, 2.24) is 0 Å². The number of carbonyl (C=O) groups excluding carboxylic acids is 2. The molecule has 2 atom stereocenters. The Bertz CT molecular complexity index is 222. The smallest absolute Gasteiger partial charge is 0.319 e. The van der Waals surface area contributed by atoms with Crippen LogP contribution in [-0.2, 0) is 14.3 Å². The van der Waals surface area contributed by atoms with Gasteiger partial charge in [0.15, 0.2) is 0 Å². The second kappa shape index (κ2) is 2.88. The molecule has 0 spiro atoms. The Balaban J connectivity index is 2.95. The lowest BCUT2D eigenvalue weighted by atomic mass is 9.72. The highest BCUT2D eigenvalue weighted by atomic mass is 16.5. The molecule has 1 rings (SSSR count). The second-order valence-electron chi connectivity index (χ2n) is 3.58. The van der Waals surface area contributed by atoms with E-state index in [0.29, 0.717) is 6.61 Å². The first-order chi connectivity index (χ1) is 5.49. The number of hydrogen-bond acceptors (Lipinski definition) is 3. The van der Waals surface area contributed by atoms with Gasteiger partial charge in [0, 0.05) is 0 Å². The van der Waals surface area contributed by atoms with E-state index in [0.717, 1.165) is 6.42 Å². The molecule has 12 heavy (non-hydrogen) atoms. The maximum absolute atomic E-state index is 11.3. The first-order valence-electron chi connectivity index (χ1n) is 4.18. The van der Waals surface area contributed by atoms with E-state index in [-0.39, 0.29) is 17.7 Å². The molecule has 0 saturated carbocycles. The molecule has 0 amide bonds. The van der Waals surface area contributed by atoms with E-state index in [9.17, 15) is 9.59 Å². The summed E-state index contributed by atoms with van der Waals surface area (Å²) in [6.45, 7) is 5.48. The van der Waals surface area contributed by atoms with Crippen LogP contribution in [0.25, 0.3) is 0 Å². The average Bonchev–Trinajstić information content (AvgIpc) is 1.99. The maximum Gasteiger partial charge on any atom is 0.319 e. The Hall–Kier alpha value is -0.860. The molecule has 1 aliphatic rings. The summed E-state index contributed by atoms with van der Waals surface area (Å²) in [7, 11) is 0. The normalized spacial score (nSPS) is 35.9. The van der Waals surface area contributed by atoms with Gasteiger partial charge >= 0.3 is 5.97 Å². The number of cyclic esters (lactones) is 1. The summed E-state index contributed by atoms with van der Waals surface area (Å²) in [6, 6.07) is 0. The third-order valence-corrected chi connectivity index (χ3v) is 2.93. The SMILES string of the molecule is CC(=O)C1(C)C(=O)OCCC1C. The van der Waals surface area contributed by atoms with E-state index in [1.54, 1.807) is 6.92 Å². The van der Waals surface area contributed by atoms with Crippen molar-refractivity contribution < 1.29 is 14.3 Å². The Morgan fingerprint density at radius 3 is 2.58 bits per heavy atom. The summed E-state index contributed by atoms with van der Waals surface area (Å²) in [5.74, 6) is -0.371.